The average molecular weight is 243 g/mol. The summed E-state index contributed by atoms with van der Waals surface area (Å²) in [5.41, 5.74) is 6.74. The van der Waals surface area contributed by atoms with E-state index in [9.17, 15) is 9.90 Å². The second-order valence-electron chi connectivity index (χ2n) is 3.82. The lowest BCUT2D eigenvalue weighted by atomic mass is 10.1. The minimum atomic E-state index is -1.04. The zero-order chi connectivity index (χ0) is 13.0. The van der Waals surface area contributed by atoms with Gasteiger partial charge in [-0.2, -0.15) is 0 Å². The molecule has 0 aromatic heterocycles. The molecule has 0 bridgehead atoms. The van der Waals surface area contributed by atoms with Gasteiger partial charge in [0.25, 0.3) is 0 Å². The maximum atomic E-state index is 11.2. The molecule has 0 aliphatic carbocycles. The third-order valence-corrected chi connectivity index (χ3v) is 2.44. The molecule has 2 aromatic rings. The number of hydrogen-bond acceptors (Lipinski definition) is 3. The second kappa shape index (κ2) is 5.23. The van der Waals surface area contributed by atoms with Crippen LogP contribution in [0.1, 0.15) is 11.7 Å². The summed E-state index contributed by atoms with van der Waals surface area (Å²) in [6, 6.07) is 15.5. The van der Waals surface area contributed by atoms with Crippen molar-refractivity contribution in [3.05, 3.63) is 60.2 Å². The SMILES string of the molecule is Nc1cccc(OC(C(=O)O)c2ccccc2)c1. The van der Waals surface area contributed by atoms with E-state index in [0.29, 0.717) is 17.0 Å². The summed E-state index contributed by atoms with van der Waals surface area (Å²) in [7, 11) is 0. The van der Waals surface area contributed by atoms with E-state index in [1.54, 1.807) is 48.5 Å². The van der Waals surface area contributed by atoms with Crippen molar-refractivity contribution in [3.8, 4) is 5.75 Å². The Morgan fingerprint density at radius 1 is 1.11 bits per heavy atom. The predicted octanol–water partition coefficient (Wildman–Crippen LogP) is 2.47. The van der Waals surface area contributed by atoms with Crippen molar-refractivity contribution in [2.24, 2.45) is 0 Å². The van der Waals surface area contributed by atoms with Crippen LogP contribution in [0, 0.1) is 0 Å². The molecule has 0 radical (unpaired) electrons. The van der Waals surface area contributed by atoms with E-state index in [2.05, 4.69) is 0 Å². The summed E-state index contributed by atoms with van der Waals surface area (Å²) in [5.74, 6) is -0.602. The van der Waals surface area contributed by atoms with Gasteiger partial charge in [0, 0.05) is 17.3 Å². The van der Waals surface area contributed by atoms with Gasteiger partial charge in [0.15, 0.2) is 0 Å². The number of carboxylic acid groups (broad SMARTS) is 1. The van der Waals surface area contributed by atoms with E-state index < -0.39 is 12.1 Å². The number of nitrogens with two attached hydrogens (primary N) is 1. The first-order chi connectivity index (χ1) is 8.66. The zero-order valence-corrected chi connectivity index (χ0v) is 9.61. The van der Waals surface area contributed by atoms with Crippen molar-refractivity contribution in [1.29, 1.82) is 0 Å². The Morgan fingerprint density at radius 3 is 2.44 bits per heavy atom. The van der Waals surface area contributed by atoms with Gasteiger partial charge < -0.3 is 15.6 Å². The molecule has 4 nitrogen and oxygen atoms in total. The zero-order valence-electron chi connectivity index (χ0n) is 9.61. The Balaban J connectivity index is 2.25. The molecule has 3 N–H and O–H groups in total. The van der Waals surface area contributed by atoms with Gasteiger partial charge in [0.2, 0.25) is 6.10 Å². The summed E-state index contributed by atoms with van der Waals surface area (Å²) >= 11 is 0. The Hall–Kier alpha value is -2.49. The number of benzene rings is 2. The molecule has 1 atom stereocenters. The van der Waals surface area contributed by atoms with Crippen LogP contribution in [0.25, 0.3) is 0 Å². The maximum Gasteiger partial charge on any atom is 0.349 e. The molecule has 0 saturated carbocycles. The van der Waals surface area contributed by atoms with Gasteiger partial charge in [-0.15, -0.1) is 0 Å². The van der Waals surface area contributed by atoms with Gasteiger partial charge in [-0.1, -0.05) is 36.4 Å². The molecule has 0 aliphatic heterocycles. The van der Waals surface area contributed by atoms with E-state index in [1.165, 1.54) is 0 Å². The van der Waals surface area contributed by atoms with Gasteiger partial charge in [-0.05, 0) is 12.1 Å². The molecule has 0 spiro atoms. The highest BCUT2D eigenvalue weighted by Crippen LogP contribution is 2.23. The van der Waals surface area contributed by atoms with Crippen LogP contribution in [0.5, 0.6) is 5.75 Å². The molecule has 2 rings (SSSR count). The molecule has 0 aliphatic rings. The molecule has 1 unspecified atom stereocenters. The van der Waals surface area contributed by atoms with E-state index in [1.807, 2.05) is 6.07 Å². The topological polar surface area (TPSA) is 72.5 Å². The maximum absolute atomic E-state index is 11.2. The number of nitrogen functional groups attached to an aromatic ring is 1. The van der Waals surface area contributed by atoms with Crippen molar-refractivity contribution in [1.82, 2.24) is 0 Å². The summed E-state index contributed by atoms with van der Waals surface area (Å²) in [5, 5.41) is 9.20. The fraction of sp³-hybridized carbons (Fsp3) is 0.0714. The standard InChI is InChI=1S/C14H13NO3/c15-11-7-4-8-12(9-11)18-13(14(16)17)10-5-2-1-3-6-10/h1-9,13H,15H2,(H,16,17). The predicted molar refractivity (Wildman–Crippen MR) is 68.3 cm³/mol. The fourth-order valence-corrected chi connectivity index (χ4v) is 1.61. The minimum Gasteiger partial charge on any atom is -0.478 e. The lowest BCUT2D eigenvalue weighted by molar-refractivity contribution is -0.145. The monoisotopic (exact) mass is 243 g/mol. The number of anilines is 1. The summed E-state index contributed by atoms with van der Waals surface area (Å²) in [6.07, 6.45) is -1.03. The third kappa shape index (κ3) is 2.79. The van der Waals surface area contributed by atoms with Crippen LogP contribution in [0.2, 0.25) is 0 Å². The van der Waals surface area contributed by atoms with Crippen LogP contribution < -0.4 is 10.5 Å². The van der Waals surface area contributed by atoms with Crippen molar-refractivity contribution in [2.75, 3.05) is 5.73 Å². The van der Waals surface area contributed by atoms with Crippen molar-refractivity contribution < 1.29 is 14.6 Å². The number of carbonyl (C=O) groups is 1. The van der Waals surface area contributed by atoms with E-state index in [4.69, 9.17) is 10.5 Å². The highest BCUT2D eigenvalue weighted by molar-refractivity contribution is 5.74. The van der Waals surface area contributed by atoms with Gasteiger partial charge in [0.1, 0.15) is 5.75 Å². The normalized spacial score (nSPS) is 11.8. The quantitative estimate of drug-likeness (QED) is 0.809. The molecule has 4 heteroatoms. The smallest absolute Gasteiger partial charge is 0.349 e. The molecule has 0 amide bonds. The van der Waals surface area contributed by atoms with E-state index >= 15 is 0 Å². The number of aliphatic carboxylic acids is 1. The van der Waals surface area contributed by atoms with Crippen LogP contribution in [-0.4, -0.2) is 11.1 Å². The molecular weight excluding hydrogens is 230 g/mol. The van der Waals surface area contributed by atoms with Crippen LogP contribution in [0.4, 0.5) is 5.69 Å². The molecule has 0 heterocycles. The van der Waals surface area contributed by atoms with Crippen molar-refractivity contribution in [2.45, 2.75) is 6.10 Å². The first kappa shape index (κ1) is 12.0. The Bertz CT molecular complexity index is 540. The van der Waals surface area contributed by atoms with E-state index in [-0.39, 0.29) is 0 Å². The Kier molecular flexibility index (Phi) is 3.48. The van der Waals surface area contributed by atoms with Gasteiger partial charge in [-0.25, -0.2) is 4.79 Å². The van der Waals surface area contributed by atoms with Crippen molar-refractivity contribution in [3.63, 3.8) is 0 Å². The minimum absolute atomic E-state index is 0.436. The van der Waals surface area contributed by atoms with Crippen molar-refractivity contribution >= 4 is 11.7 Å². The summed E-state index contributed by atoms with van der Waals surface area (Å²) < 4.78 is 5.46. The van der Waals surface area contributed by atoms with Gasteiger partial charge in [0.05, 0.1) is 0 Å². The number of carboxylic acids is 1. The largest absolute Gasteiger partial charge is 0.478 e. The van der Waals surface area contributed by atoms with Gasteiger partial charge >= 0.3 is 5.97 Å². The van der Waals surface area contributed by atoms with Crippen LogP contribution in [-0.2, 0) is 4.79 Å². The molecular formula is C14H13NO3. The molecule has 0 saturated heterocycles. The van der Waals surface area contributed by atoms with Crippen LogP contribution in [0.15, 0.2) is 54.6 Å². The molecule has 2 aromatic carbocycles. The van der Waals surface area contributed by atoms with Crippen LogP contribution in [0.3, 0.4) is 0 Å². The average Bonchev–Trinajstić information content (AvgIpc) is 2.37. The second-order valence-corrected chi connectivity index (χ2v) is 3.82. The lowest BCUT2D eigenvalue weighted by Gasteiger charge is -2.15. The van der Waals surface area contributed by atoms with Gasteiger partial charge in [-0.3, -0.25) is 0 Å². The Morgan fingerprint density at radius 2 is 1.83 bits per heavy atom. The summed E-state index contributed by atoms with van der Waals surface area (Å²) in [6.45, 7) is 0. The first-order valence-electron chi connectivity index (χ1n) is 5.47. The number of hydrogen-bond donors (Lipinski definition) is 2. The highest BCUT2D eigenvalue weighted by Gasteiger charge is 2.21. The summed E-state index contributed by atoms with van der Waals surface area (Å²) in [4.78, 5) is 11.2. The molecule has 0 fully saturated rings. The number of rotatable bonds is 4. The van der Waals surface area contributed by atoms with E-state index in [0.717, 1.165) is 0 Å². The first-order valence-corrected chi connectivity index (χ1v) is 5.47. The Labute approximate surface area is 105 Å². The lowest BCUT2D eigenvalue weighted by Crippen LogP contribution is -2.18. The molecule has 92 valence electrons. The van der Waals surface area contributed by atoms with Crippen LogP contribution >= 0.6 is 0 Å². The number of ether oxygens (including phenoxy) is 1. The highest BCUT2D eigenvalue weighted by atomic mass is 16.5. The third-order valence-electron chi connectivity index (χ3n) is 2.44. The molecule has 18 heavy (non-hydrogen) atoms. The fourth-order valence-electron chi connectivity index (χ4n) is 1.61.